The molecule has 2 atom stereocenters. The number of hydrogen-bond donors (Lipinski definition) is 2. The standard InChI is InChI=1S/C29H38FN3O/c30-24-10-6-21(7-11-24)19-29(20-32-27-18-26(27)22-4-2-1-3-5-22)14-16-33(17-15-29)28(34)23-8-12-25(31)13-9-23/h1-7,10-11,23,25-27,32H,8-9,12-20,31H2/t23?,25?,26-,27+/m0/s1. The number of nitrogens with one attached hydrogen (secondary N) is 1. The summed E-state index contributed by atoms with van der Waals surface area (Å²) in [5.74, 6) is 0.901. The molecule has 2 saturated carbocycles. The number of rotatable bonds is 7. The smallest absolute Gasteiger partial charge is 0.225 e. The monoisotopic (exact) mass is 463 g/mol. The molecule has 2 aliphatic carbocycles. The van der Waals surface area contributed by atoms with Gasteiger partial charge in [-0.15, -0.1) is 0 Å². The summed E-state index contributed by atoms with van der Waals surface area (Å²) in [5, 5.41) is 3.87. The van der Waals surface area contributed by atoms with E-state index < -0.39 is 0 Å². The van der Waals surface area contributed by atoms with Crippen LogP contribution in [-0.4, -0.2) is 42.5 Å². The van der Waals surface area contributed by atoms with Gasteiger partial charge >= 0.3 is 0 Å². The maximum Gasteiger partial charge on any atom is 0.225 e. The van der Waals surface area contributed by atoms with E-state index >= 15 is 0 Å². The van der Waals surface area contributed by atoms with Crippen LogP contribution in [-0.2, 0) is 11.2 Å². The molecule has 1 heterocycles. The van der Waals surface area contributed by atoms with Gasteiger partial charge in [-0.3, -0.25) is 4.79 Å². The van der Waals surface area contributed by atoms with E-state index in [2.05, 4.69) is 40.5 Å². The van der Waals surface area contributed by atoms with Crippen LogP contribution in [0.5, 0.6) is 0 Å². The number of benzene rings is 2. The third-order valence-electron chi connectivity index (χ3n) is 8.51. The maximum atomic E-state index is 13.5. The minimum absolute atomic E-state index is 0.0906. The number of likely N-dealkylation sites (tertiary alicyclic amines) is 1. The molecule has 34 heavy (non-hydrogen) atoms. The summed E-state index contributed by atoms with van der Waals surface area (Å²) in [4.78, 5) is 15.3. The molecular weight excluding hydrogens is 425 g/mol. The summed E-state index contributed by atoms with van der Waals surface area (Å²) in [5.41, 5.74) is 8.74. The molecule has 1 aliphatic heterocycles. The minimum atomic E-state index is -0.188. The van der Waals surface area contributed by atoms with Gasteiger partial charge in [0.1, 0.15) is 5.82 Å². The molecule has 5 heteroatoms. The van der Waals surface area contributed by atoms with E-state index in [-0.39, 0.29) is 23.2 Å². The Bertz CT molecular complexity index is 947. The molecule has 1 amide bonds. The number of halogens is 1. The molecule has 0 unspecified atom stereocenters. The lowest BCUT2D eigenvalue weighted by Crippen LogP contribution is -2.50. The molecule has 0 aromatic heterocycles. The molecule has 4 nitrogen and oxygen atoms in total. The average Bonchev–Trinajstić information content (AvgIpc) is 3.65. The van der Waals surface area contributed by atoms with E-state index in [1.807, 2.05) is 12.1 Å². The van der Waals surface area contributed by atoms with Gasteiger partial charge in [-0.25, -0.2) is 4.39 Å². The van der Waals surface area contributed by atoms with Gasteiger partial charge in [-0.05, 0) is 80.0 Å². The SMILES string of the molecule is NC1CCC(C(=O)N2CCC(CN[C@@H]3C[C@H]3c3ccccc3)(Cc3ccc(F)cc3)CC2)CC1. The number of carbonyl (C=O) groups excluding carboxylic acids is 1. The summed E-state index contributed by atoms with van der Waals surface area (Å²) in [6, 6.07) is 18.5. The molecule has 2 aromatic rings. The lowest BCUT2D eigenvalue weighted by atomic mass is 9.73. The van der Waals surface area contributed by atoms with Crippen LogP contribution in [0.3, 0.4) is 0 Å². The highest BCUT2D eigenvalue weighted by molar-refractivity contribution is 5.79. The van der Waals surface area contributed by atoms with E-state index in [9.17, 15) is 9.18 Å². The Kier molecular flexibility index (Phi) is 7.03. The van der Waals surface area contributed by atoms with Gasteiger partial charge in [0, 0.05) is 43.6 Å². The first-order valence-electron chi connectivity index (χ1n) is 13.1. The first-order chi connectivity index (χ1) is 16.5. The van der Waals surface area contributed by atoms with Gasteiger partial charge in [0.05, 0.1) is 0 Å². The molecule has 0 radical (unpaired) electrons. The molecule has 3 aliphatic rings. The summed E-state index contributed by atoms with van der Waals surface area (Å²) >= 11 is 0. The lowest BCUT2D eigenvalue weighted by molar-refractivity contribution is -0.139. The molecule has 3 fully saturated rings. The summed E-state index contributed by atoms with van der Waals surface area (Å²) in [6.07, 6.45) is 7.87. The number of nitrogens with zero attached hydrogens (tertiary/aromatic N) is 1. The largest absolute Gasteiger partial charge is 0.342 e. The van der Waals surface area contributed by atoms with Gasteiger partial charge in [0.15, 0.2) is 0 Å². The second-order valence-electron chi connectivity index (χ2n) is 11.0. The van der Waals surface area contributed by atoms with Crippen molar-refractivity contribution in [3.63, 3.8) is 0 Å². The van der Waals surface area contributed by atoms with E-state index in [0.717, 1.165) is 64.6 Å². The number of carbonyl (C=O) groups is 1. The summed E-state index contributed by atoms with van der Waals surface area (Å²) in [6.45, 7) is 2.58. The zero-order valence-electron chi connectivity index (χ0n) is 20.1. The Morgan fingerprint density at radius 1 is 1.00 bits per heavy atom. The summed E-state index contributed by atoms with van der Waals surface area (Å²) < 4.78 is 13.5. The quantitative estimate of drug-likeness (QED) is 0.629. The zero-order chi connectivity index (χ0) is 23.5. The highest BCUT2D eigenvalue weighted by Crippen LogP contribution is 2.42. The van der Waals surface area contributed by atoms with E-state index in [0.29, 0.717) is 17.9 Å². The fourth-order valence-corrected chi connectivity index (χ4v) is 6.11. The molecule has 3 N–H and O–H groups in total. The van der Waals surface area contributed by atoms with Crippen LogP contribution in [0.1, 0.15) is 62.0 Å². The Labute approximate surface area is 203 Å². The van der Waals surface area contributed by atoms with E-state index in [4.69, 9.17) is 5.73 Å². The van der Waals surface area contributed by atoms with Crippen LogP contribution in [0.2, 0.25) is 0 Å². The fourth-order valence-electron chi connectivity index (χ4n) is 6.11. The van der Waals surface area contributed by atoms with Gasteiger partial charge in [-0.1, -0.05) is 42.5 Å². The lowest BCUT2D eigenvalue weighted by Gasteiger charge is -2.43. The molecule has 0 spiro atoms. The van der Waals surface area contributed by atoms with Crippen LogP contribution >= 0.6 is 0 Å². The predicted octanol–water partition coefficient (Wildman–Crippen LogP) is 4.64. The molecule has 5 rings (SSSR count). The van der Waals surface area contributed by atoms with Gasteiger partial charge in [-0.2, -0.15) is 0 Å². The Balaban J connectivity index is 1.22. The first-order valence-corrected chi connectivity index (χ1v) is 13.1. The molecule has 1 saturated heterocycles. The van der Waals surface area contributed by atoms with Crippen molar-refractivity contribution in [1.29, 1.82) is 0 Å². The number of piperidine rings is 1. The van der Waals surface area contributed by atoms with Crippen LogP contribution in [0.4, 0.5) is 4.39 Å². The number of hydrogen-bond acceptors (Lipinski definition) is 3. The number of amides is 1. The van der Waals surface area contributed by atoms with Gasteiger partial charge in [0.2, 0.25) is 5.91 Å². The first kappa shape index (κ1) is 23.5. The summed E-state index contributed by atoms with van der Waals surface area (Å²) in [7, 11) is 0. The third kappa shape index (κ3) is 5.52. The molecular formula is C29H38FN3O. The molecule has 2 aromatic carbocycles. The highest BCUT2D eigenvalue weighted by Gasteiger charge is 2.42. The van der Waals surface area contributed by atoms with Crippen LogP contribution < -0.4 is 11.1 Å². The molecule has 0 bridgehead atoms. The second-order valence-corrected chi connectivity index (χ2v) is 11.0. The average molecular weight is 464 g/mol. The Morgan fingerprint density at radius 3 is 2.35 bits per heavy atom. The van der Waals surface area contributed by atoms with Crippen molar-refractivity contribution in [3.8, 4) is 0 Å². The van der Waals surface area contributed by atoms with Crippen molar-refractivity contribution < 1.29 is 9.18 Å². The van der Waals surface area contributed by atoms with E-state index in [1.54, 1.807) is 12.1 Å². The van der Waals surface area contributed by atoms with Crippen LogP contribution in [0.25, 0.3) is 0 Å². The van der Waals surface area contributed by atoms with Crippen molar-refractivity contribution in [1.82, 2.24) is 10.2 Å². The van der Waals surface area contributed by atoms with Crippen molar-refractivity contribution in [3.05, 3.63) is 71.5 Å². The van der Waals surface area contributed by atoms with Crippen LogP contribution in [0, 0.1) is 17.2 Å². The van der Waals surface area contributed by atoms with Crippen molar-refractivity contribution in [2.24, 2.45) is 17.1 Å². The van der Waals surface area contributed by atoms with Gasteiger partial charge < -0.3 is 16.0 Å². The van der Waals surface area contributed by atoms with Crippen molar-refractivity contribution >= 4 is 5.91 Å². The van der Waals surface area contributed by atoms with Crippen LogP contribution in [0.15, 0.2) is 54.6 Å². The van der Waals surface area contributed by atoms with E-state index in [1.165, 1.54) is 17.5 Å². The van der Waals surface area contributed by atoms with Crippen molar-refractivity contribution in [2.75, 3.05) is 19.6 Å². The Hall–Kier alpha value is -2.24. The minimum Gasteiger partial charge on any atom is -0.342 e. The number of nitrogens with two attached hydrogens (primary N) is 1. The highest BCUT2D eigenvalue weighted by atomic mass is 19.1. The van der Waals surface area contributed by atoms with Crippen molar-refractivity contribution in [2.45, 2.75) is 69.4 Å². The predicted molar refractivity (Wildman–Crippen MR) is 134 cm³/mol. The third-order valence-corrected chi connectivity index (χ3v) is 8.51. The fraction of sp³-hybridized carbons (Fsp3) is 0.552. The normalized spacial score (nSPS) is 28.5. The van der Waals surface area contributed by atoms with Gasteiger partial charge in [0.25, 0.3) is 0 Å². The zero-order valence-corrected chi connectivity index (χ0v) is 20.1. The second kappa shape index (κ2) is 10.2. The molecule has 182 valence electrons. The Morgan fingerprint density at radius 2 is 1.68 bits per heavy atom. The maximum absolute atomic E-state index is 13.5. The topological polar surface area (TPSA) is 58.4 Å².